The molecule has 10 heavy (non-hydrogen) atoms. The first kappa shape index (κ1) is 9.00. The van der Waals surface area contributed by atoms with Crippen molar-refractivity contribution >= 4 is 5.97 Å². The maximum absolute atomic E-state index is 12.0. The quantitative estimate of drug-likeness (QED) is 0.565. The third-order valence-corrected chi connectivity index (χ3v) is 0.718. The lowest BCUT2D eigenvalue weighted by Crippen LogP contribution is -2.25. The van der Waals surface area contributed by atoms with Crippen molar-refractivity contribution in [2.24, 2.45) is 0 Å². The van der Waals surface area contributed by atoms with Gasteiger partial charge in [0.1, 0.15) is 0 Å². The molecule has 0 saturated heterocycles. The average Bonchev–Trinajstić information content (AvgIpc) is 1.86. The van der Waals surface area contributed by atoms with E-state index in [2.05, 4.69) is 4.94 Å². The van der Waals surface area contributed by atoms with Crippen LogP contribution in [-0.2, 0) is 9.74 Å². The van der Waals surface area contributed by atoms with E-state index in [1.165, 1.54) is 6.92 Å². The van der Waals surface area contributed by atoms with Crippen LogP contribution in [0.25, 0.3) is 0 Å². The van der Waals surface area contributed by atoms with Crippen LogP contribution in [0.15, 0.2) is 12.2 Å². The number of hydrogen-bond donors (Lipinski definition) is 0. The minimum atomic E-state index is -3.86. The highest BCUT2D eigenvalue weighted by atomic mass is 19.3. The molecule has 0 bridgehead atoms. The fourth-order valence-corrected chi connectivity index (χ4v) is 0.329. The third-order valence-electron chi connectivity index (χ3n) is 0.718. The van der Waals surface area contributed by atoms with Gasteiger partial charge in [-0.25, -0.2) is 9.74 Å². The van der Waals surface area contributed by atoms with E-state index in [1.54, 1.807) is 0 Å². The van der Waals surface area contributed by atoms with Crippen LogP contribution in [0.5, 0.6) is 0 Å². The summed E-state index contributed by atoms with van der Waals surface area (Å²) in [5.41, 5.74) is 0. The van der Waals surface area contributed by atoms with Crippen LogP contribution in [0, 0.1) is 0 Å². The average molecular weight is 154 g/mol. The predicted octanol–water partition coefficient (Wildman–Crippen LogP) is 1.63. The van der Waals surface area contributed by atoms with Crippen molar-refractivity contribution in [1.82, 2.24) is 0 Å². The van der Waals surface area contributed by atoms with E-state index in [0.717, 1.165) is 6.08 Å². The molecule has 0 aliphatic heterocycles. The highest BCUT2D eigenvalue weighted by molar-refractivity contribution is 5.79. The number of alkyl halides is 2. The van der Waals surface area contributed by atoms with Crippen LogP contribution < -0.4 is 0 Å². The molecule has 0 aromatic rings. The molecule has 0 aliphatic carbocycles. The monoisotopic (exact) mass is 154 g/mol. The SMILES string of the molecule is CC=CC(F)(F)C(=O)OF. The predicted molar refractivity (Wildman–Crippen MR) is 27.0 cm³/mol. The molecule has 58 valence electrons. The Kier molecular flexibility index (Phi) is 2.92. The van der Waals surface area contributed by atoms with E-state index in [-0.39, 0.29) is 6.08 Å². The Morgan fingerprint density at radius 1 is 1.60 bits per heavy atom. The Morgan fingerprint density at radius 3 is 2.40 bits per heavy atom. The summed E-state index contributed by atoms with van der Waals surface area (Å²) in [6, 6.07) is 0. The smallest absolute Gasteiger partial charge is 0.248 e. The van der Waals surface area contributed by atoms with Gasteiger partial charge in [-0.15, -0.1) is 0 Å². The van der Waals surface area contributed by atoms with Gasteiger partial charge in [-0.1, -0.05) is 6.08 Å². The molecule has 5 heteroatoms. The first-order valence-electron chi connectivity index (χ1n) is 2.39. The molecule has 0 spiro atoms. The Balaban J connectivity index is 4.24. The molecule has 0 N–H and O–H groups in total. The van der Waals surface area contributed by atoms with Crippen molar-refractivity contribution in [2.45, 2.75) is 12.8 Å². The summed E-state index contributed by atoms with van der Waals surface area (Å²) < 4.78 is 34.9. The van der Waals surface area contributed by atoms with E-state index in [1.807, 2.05) is 0 Å². The largest absolute Gasteiger partial charge is 0.421 e. The zero-order valence-corrected chi connectivity index (χ0v) is 5.11. The molecule has 0 atom stereocenters. The van der Waals surface area contributed by atoms with E-state index in [4.69, 9.17) is 0 Å². The topological polar surface area (TPSA) is 26.3 Å². The van der Waals surface area contributed by atoms with Gasteiger partial charge in [0.15, 0.2) is 0 Å². The van der Waals surface area contributed by atoms with Gasteiger partial charge in [0.05, 0.1) is 0 Å². The summed E-state index contributed by atoms with van der Waals surface area (Å²) in [7, 11) is 0. The van der Waals surface area contributed by atoms with Gasteiger partial charge in [-0.05, 0) is 13.0 Å². The minimum absolute atomic E-state index is 0.245. The zero-order valence-electron chi connectivity index (χ0n) is 5.11. The van der Waals surface area contributed by atoms with Crippen molar-refractivity contribution in [3.63, 3.8) is 0 Å². The minimum Gasteiger partial charge on any atom is -0.248 e. The Morgan fingerprint density at radius 2 is 2.10 bits per heavy atom. The van der Waals surface area contributed by atoms with Gasteiger partial charge in [-0.3, -0.25) is 0 Å². The van der Waals surface area contributed by atoms with Crippen molar-refractivity contribution in [3.8, 4) is 0 Å². The first-order chi connectivity index (χ1) is 4.54. The number of carbonyl (C=O) groups excluding carboxylic acids is 1. The molecule has 0 amide bonds. The third kappa shape index (κ3) is 2.08. The molecule has 0 rings (SSSR count). The maximum Gasteiger partial charge on any atom is 0.421 e. The second kappa shape index (κ2) is 3.24. The normalized spacial score (nSPS) is 12.0. The molecular formula is C5H5F3O2. The summed E-state index contributed by atoms with van der Waals surface area (Å²) in [5.74, 6) is -6.06. The fourth-order valence-electron chi connectivity index (χ4n) is 0.329. The number of hydrogen-bond acceptors (Lipinski definition) is 2. The lowest BCUT2D eigenvalue weighted by Gasteiger charge is -2.03. The molecule has 0 saturated carbocycles. The second-order valence-electron chi connectivity index (χ2n) is 1.49. The lowest BCUT2D eigenvalue weighted by molar-refractivity contribution is -0.205. The van der Waals surface area contributed by atoms with Crippen LogP contribution in [-0.4, -0.2) is 11.9 Å². The van der Waals surface area contributed by atoms with Crippen LogP contribution in [0.1, 0.15) is 6.92 Å². The first-order valence-corrected chi connectivity index (χ1v) is 2.39. The van der Waals surface area contributed by atoms with Gasteiger partial charge in [0.25, 0.3) is 0 Å². The molecule has 0 aromatic carbocycles. The summed E-state index contributed by atoms with van der Waals surface area (Å²) in [4.78, 5) is 12.2. The Hall–Kier alpha value is -1.00. The second-order valence-corrected chi connectivity index (χ2v) is 1.49. The van der Waals surface area contributed by atoms with Crippen molar-refractivity contribution in [1.29, 1.82) is 0 Å². The van der Waals surface area contributed by atoms with E-state index >= 15 is 0 Å². The summed E-state index contributed by atoms with van der Waals surface area (Å²) in [6.07, 6.45) is 1.17. The van der Waals surface area contributed by atoms with Crippen LogP contribution >= 0.6 is 0 Å². The standard InChI is InChI=1S/C5H5F3O2/c1-2-3-5(6,7)4(9)10-8/h2-3H,1H3. The maximum atomic E-state index is 12.0. The fraction of sp³-hybridized carbons (Fsp3) is 0.400. The highest BCUT2D eigenvalue weighted by Crippen LogP contribution is 2.16. The molecular weight excluding hydrogens is 149 g/mol. The number of allylic oxidation sites excluding steroid dienone is 1. The van der Waals surface area contributed by atoms with Crippen molar-refractivity contribution < 1.29 is 23.0 Å². The molecule has 0 radical (unpaired) electrons. The number of rotatable bonds is 2. The molecule has 0 aromatic heterocycles. The highest BCUT2D eigenvalue weighted by Gasteiger charge is 2.38. The molecule has 0 unspecified atom stereocenters. The summed E-state index contributed by atoms with van der Waals surface area (Å²) in [6.45, 7) is 1.28. The number of halogens is 3. The van der Waals surface area contributed by atoms with Crippen LogP contribution in [0.4, 0.5) is 13.3 Å². The van der Waals surface area contributed by atoms with Gasteiger partial charge < -0.3 is 0 Å². The van der Waals surface area contributed by atoms with E-state index in [9.17, 15) is 18.1 Å². The Labute approximate surface area is 55.2 Å². The van der Waals surface area contributed by atoms with Crippen molar-refractivity contribution in [3.05, 3.63) is 12.2 Å². The van der Waals surface area contributed by atoms with Crippen LogP contribution in [0.2, 0.25) is 0 Å². The van der Waals surface area contributed by atoms with Gasteiger partial charge in [0.2, 0.25) is 0 Å². The zero-order chi connectivity index (χ0) is 8.20. The van der Waals surface area contributed by atoms with Gasteiger partial charge in [-0.2, -0.15) is 8.78 Å². The van der Waals surface area contributed by atoms with Gasteiger partial charge >= 0.3 is 11.9 Å². The Bertz CT molecular complexity index is 153. The molecule has 0 aliphatic rings. The van der Waals surface area contributed by atoms with Crippen LogP contribution in [0.3, 0.4) is 0 Å². The van der Waals surface area contributed by atoms with Gasteiger partial charge in [0, 0.05) is 4.53 Å². The summed E-state index contributed by atoms with van der Waals surface area (Å²) in [5, 5.41) is 0. The molecule has 0 heterocycles. The van der Waals surface area contributed by atoms with E-state index in [0.29, 0.717) is 0 Å². The number of carbonyl (C=O) groups is 1. The van der Waals surface area contributed by atoms with Crippen molar-refractivity contribution in [2.75, 3.05) is 0 Å². The lowest BCUT2D eigenvalue weighted by atomic mass is 10.3. The van der Waals surface area contributed by atoms with E-state index < -0.39 is 11.9 Å². The molecule has 0 fully saturated rings. The summed E-state index contributed by atoms with van der Waals surface area (Å²) >= 11 is 0. The molecule has 2 nitrogen and oxygen atoms in total.